The second-order valence-electron chi connectivity index (χ2n) is 12.1. The number of nitrogens with one attached hydrogen (secondary N) is 2. The van der Waals surface area contributed by atoms with Crippen LogP contribution in [0, 0.1) is 5.92 Å². The van der Waals surface area contributed by atoms with Gasteiger partial charge in [0.1, 0.15) is 19.0 Å². The van der Waals surface area contributed by atoms with Crippen LogP contribution in [0.1, 0.15) is 42.4 Å². The number of fused-ring (bicyclic) bond motifs is 1. The van der Waals surface area contributed by atoms with Crippen LogP contribution in [0.2, 0.25) is 0 Å². The van der Waals surface area contributed by atoms with Crippen molar-refractivity contribution in [3.05, 3.63) is 120 Å². The first kappa shape index (κ1) is 30.4. The van der Waals surface area contributed by atoms with Gasteiger partial charge in [0.15, 0.2) is 11.5 Å². The third-order valence-electron chi connectivity index (χ3n) is 8.43. The maximum Gasteiger partial charge on any atom is 0.225 e. The maximum atomic E-state index is 6.28. The molecular formula is C38H43N5O2. The first-order valence-corrected chi connectivity index (χ1v) is 16.0. The van der Waals surface area contributed by atoms with Crippen molar-refractivity contribution in [1.82, 2.24) is 15.3 Å². The summed E-state index contributed by atoms with van der Waals surface area (Å²) in [6, 6.07) is 35.4. The van der Waals surface area contributed by atoms with Gasteiger partial charge in [-0.15, -0.1) is 0 Å². The van der Waals surface area contributed by atoms with Gasteiger partial charge in [0.2, 0.25) is 5.95 Å². The molecule has 7 nitrogen and oxygen atoms in total. The molecule has 5 aromatic rings. The molecule has 0 atom stereocenters. The lowest BCUT2D eigenvalue weighted by Crippen LogP contribution is -2.31. The Bertz CT molecular complexity index is 1650. The van der Waals surface area contributed by atoms with Gasteiger partial charge in [-0.2, -0.15) is 4.98 Å². The van der Waals surface area contributed by atoms with Crippen LogP contribution in [0.3, 0.4) is 0 Å². The van der Waals surface area contributed by atoms with E-state index in [-0.39, 0.29) is 0 Å². The number of anilines is 2. The molecular weight excluding hydrogens is 558 g/mol. The highest BCUT2D eigenvalue weighted by Crippen LogP contribution is 2.31. The fraction of sp³-hybridized carbons (Fsp3) is 0.316. The lowest BCUT2D eigenvalue weighted by atomic mass is 9.86. The van der Waals surface area contributed by atoms with Gasteiger partial charge in [0.25, 0.3) is 0 Å². The second kappa shape index (κ2) is 14.9. The molecule has 7 heteroatoms. The SMILES string of the molecule is CN(C)c1nc(NC2CCC(CNCc3ccc(OCc4ccccc4)c(OCc4ccccc4)c3)CC2)nc2ccccc12. The second-order valence-corrected chi connectivity index (χ2v) is 12.1. The molecule has 0 saturated heterocycles. The fourth-order valence-corrected chi connectivity index (χ4v) is 5.94. The average Bonchev–Trinajstić information content (AvgIpc) is 3.08. The first-order chi connectivity index (χ1) is 22.1. The third-order valence-corrected chi connectivity index (χ3v) is 8.43. The zero-order chi connectivity index (χ0) is 30.8. The van der Waals surface area contributed by atoms with Crippen molar-refractivity contribution in [3.8, 4) is 11.5 Å². The van der Waals surface area contributed by atoms with E-state index in [0.717, 1.165) is 71.2 Å². The molecule has 1 aromatic heterocycles. The molecule has 0 spiro atoms. The summed E-state index contributed by atoms with van der Waals surface area (Å²) < 4.78 is 12.5. The lowest BCUT2D eigenvalue weighted by Gasteiger charge is -2.29. The molecule has 0 radical (unpaired) electrons. The highest BCUT2D eigenvalue weighted by molar-refractivity contribution is 5.90. The number of nitrogens with zero attached hydrogens (tertiary/aromatic N) is 3. The van der Waals surface area contributed by atoms with E-state index in [2.05, 4.69) is 64.1 Å². The molecule has 0 bridgehead atoms. The predicted molar refractivity (Wildman–Crippen MR) is 183 cm³/mol. The van der Waals surface area contributed by atoms with Crippen molar-refractivity contribution in [3.63, 3.8) is 0 Å². The zero-order valence-electron chi connectivity index (χ0n) is 26.3. The molecule has 1 aliphatic carbocycles. The summed E-state index contributed by atoms with van der Waals surface area (Å²) in [4.78, 5) is 11.7. The number of rotatable bonds is 13. The van der Waals surface area contributed by atoms with E-state index < -0.39 is 0 Å². The number of ether oxygens (including phenoxy) is 2. The monoisotopic (exact) mass is 601 g/mol. The van der Waals surface area contributed by atoms with Crippen LogP contribution < -0.4 is 25.0 Å². The largest absolute Gasteiger partial charge is 0.485 e. The smallest absolute Gasteiger partial charge is 0.225 e. The van der Waals surface area contributed by atoms with Crippen LogP contribution >= 0.6 is 0 Å². The average molecular weight is 602 g/mol. The fourth-order valence-electron chi connectivity index (χ4n) is 5.94. The first-order valence-electron chi connectivity index (χ1n) is 16.0. The summed E-state index contributed by atoms with van der Waals surface area (Å²) in [5, 5.41) is 8.41. The Kier molecular flexibility index (Phi) is 10.1. The molecule has 1 fully saturated rings. The van der Waals surface area contributed by atoms with Crippen LogP contribution in [-0.2, 0) is 19.8 Å². The molecule has 1 aliphatic rings. The van der Waals surface area contributed by atoms with Gasteiger partial charge in [-0.1, -0.05) is 78.9 Å². The van der Waals surface area contributed by atoms with Crippen molar-refractivity contribution in [2.75, 3.05) is 30.9 Å². The highest BCUT2D eigenvalue weighted by atomic mass is 16.5. The van der Waals surface area contributed by atoms with Gasteiger partial charge in [-0.05, 0) is 79.1 Å². The molecule has 0 amide bonds. The van der Waals surface area contributed by atoms with Crippen molar-refractivity contribution in [2.45, 2.75) is 51.5 Å². The Morgan fingerprint density at radius 2 is 1.33 bits per heavy atom. The van der Waals surface area contributed by atoms with Crippen molar-refractivity contribution in [2.24, 2.45) is 5.92 Å². The quantitative estimate of drug-likeness (QED) is 0.144. The minimum absolute atomic E-state index is 0.394. The van der Waals surface area contributed by atoms with Crippen molar-refractivity contribution in [1.29, 1.82) is 0 Å². The number of aromatic nitrogens is 2. The standard InChI is InChI=1S/C38H43N5O2/c1-43(2)37-33-15-9-10-16-34(33)41-38(42-37)40-32-20-17-28(18-21-32)24-39-25-31-19-22-35(44-26-29-11-5-3-6-12-29)36(23-31)45-27-30-13-7-4-8-14-30/h3-16,19,22-23,28,32,39H,17-18,20-21,24-27H2,1-2H3,(H,40,41,42). The molecule has 2 N–H and O–H groups in total. The number of benzene rings is 4. The van der Waals surface area contributed by atoms with Crippen LogP contribution in [0.4, 0.5) is 11.8 Å². The van der Waals surface area contributed by atoms with Gasteiger partial charge in [0.05, 0.1) is 5.52 Å². The van der Waals surface area contributed by atoms with E-state index in [9.17, 15) is 0 Å². The molecule has 1 saturated carbocycles. The Labute approximate surface area is 266 Å². The summed E-state index contributed by atoms with van der Waals surface area (Å²) in [7, 11) is 4.06. The lowest BCUT2D eigenvalue weighted by molar-refractivity contribution is 0.255. The van der Waals surface area contributed by atoms with Crippen LogP contribution in [0.5, 0.6) is 11.5 Å². The Balaban J connectivity index is 1.01. The molecule has 0 unspecified atom stereocenters. The van der Waals surface area contributed by atoms with Crippen molar-refractivity contribution < 1.29 is 9.47 Å². The van der Waals surface area contributed by atoms with Gasteiger partial charge < -0.3 is 25.0 Å². The molecule has 232 valence electrons. The van der Waals surface area contributed by atoms with Gasteiger partial charge in [0, 0.05) is 32.1 Å². The minimum Gasteiger partial charge on any atom is -0.485 e. The van der Waals surface area contributed by atoms with Crippen LogP contribution in [0.15, 0.2) is 103 Å². The highest BCUT2D eigenvalue weighted by Gasteiger charge is 2.22. The van der Waals surface area contributed by atoms with E-state index in [0.29, 0.717) is 25.2 Å². The predicted octanol–water partition coefficient (Wildman–Crippen LogP) is 7.61. The van der Waals surface area contributed by atoms with E-state index in [1.165, 1.54) is 18.4 Å². The summed E-state index contributed by atoms with van der Waals surface area (Å²) in [6.07, 6.45) is 4.59. The number of hydrogen-bond donors (Lipinski definition) is 2. The number of para-hydroxylation sites is 1. The summed E-state index contributed by atoms with van der Waals surface area (Å²) in [6.45, 7) is 2.78. The van der Waals surface area contributed by atoms with E-state index in [1.807, 2.05) is 68.7 Å². The number of hydrogen-bond acceptors (Lipinski definition) is 7. The summed E-state index contributed by atoms with van der Waals surface area (Å²) in [5.74, 6) is 3.86. The minimum atomic E-state index is 0.394. The van der Waals surface area contributed by atoms with Crippen LogP contribution in [0.25, 0.3) is 10.9 Å². The molecule has 0 aliphatic heterocycles. The normalized spacial score (nSPS) is 16.3. The van der Waals surface area contributed by atoms with E-state index in [1.54, 1.807) is 0 Å². The van der Waals surface area contributed by atoms with Crippen LogP contribution in [-0.4, -0.2) is 36.6 Å². The van der Waals surface area contributed by atoms with Gasteiger partial charge in [-0.25, -0.2) is 4.98 Å². The molecule has 45 heavy (non-hydrogen) atoms. The van der Waals surface area contributed by atoms with Gasteiger partial charge >= 0.3 is 0 Å². The summed E-state index contributed by atoms with van der Waals surface area (Å²) >= 11 is 0. The van der Waals surface area contributed by atoms with E-state index in [4.69, 9.17) is 19.4 Å². The Morgan fingerprint density at radius 1 is 0.689 bits per heavy atom. The van der Waals surface area contributed by atoms with E-state index >= 15 is 0 Å². The van der Waals surface area contributed by atoms with Gasteiger partial charge in [-0.3, -0.25) is 0 Å². The zero-order valence-corrected chi connectivity index (χ0v) is 26.3. The Hall–Kier alpha value is -4.62. The molecule has 6 rings (SSSR count). The Morgan fingerprint density at radius 3 is 2.02 bits per heavy atom. The van der Waals surface area contributed by atoms with Crippen molar-refractivity contribution >= 4 is 22.7 Å². The third kappa shape index (κ3) is 8.31. The summed E-state index contributed by atoms with van der Waals surface area (Å²) in [5.41, 5.74) is 4.42. The molecule has 4 aromatic carbocycles. The molecule has 1 heterocycles. The maximum absolute atomic E-state index is 6.28. The topological polar surface area (TPSA) is 71.5 Å².